The van der Waals surface area contributed by atoms with Gasteiger partial charge >= 0.3 is 5.97 Å². The van der Waals surface area contributed by atoms with Crippen LogP contribution < -0.4 is 4.74 Å². The molecule has 0 spiro atoms. The molecule has 0 aromatic heterocycles. The summed E-state index contributed by atoms with van der Waals surface area (Å²) in [4.78, 5) is 12.9. The molecule has 2 rings (SSSR count). The van der Waals surface area contributed by atoms with Crippen LogP contribution in [0, 0.1) is 0 Å². The molecule has 5 heteroatoms. The van der Waals surface area contributed by atoms with E-state index in [1.165, 1.54) is 7.11 Å². The van der Waals surface area contributed by atoms with Crippen molar-refractivity contribution < 1.29 is 14.6 Å². The Balaban J connectivity index is 2.23. The smallest absolute Gasteiger partial charge is 0.307 e. The van der Waals surface area contributed by atoms with E-state index < -0.39 is 5.97 Å². The first kappa shape index (κ1) is 14.8. The van der Waals surface area contributed by atoms with E-state index in [0.717, 1.165) is 9.79 Å². The number of rotatable bonds is 5. The molecule has 0 unspecified atom stereocenters. The Labute approximate surface area is 126 Å². The lowest BCUT2D eigenvalue weighted by molar-refractivity contribution is -0.136. The van der Waals surface area contributed by atoms with E-state index in [4.69, 9.17) is 21.4 Å². The molecule has 104 valence electrons. The van der Waals surface area contributed by atoms with Gasteiger partial charge < -0.3 is 9.84 Å². The van der Waals surface area contributed by atoms with E-state index in [-0.39, 0.29) is 6.42 Å². The van der Waals surface area contributed by atoms with Gasteiger partial charge in [0.15, 0.2) is 0 Å². The Morgan fingerprint density at radius 3 is 2.45 bits per heavy atom. The van der Waals surface area contributed by atoms with Crippen molar-refractivity contribution in [1.82, 2.24) is 0 Å². The maximum atomic E-state index is 10.9. The maximum Gasteiger partial charge on any atom is 0.307 e. The van der Waals surface area contributed by atoms with Crippen LogP contribution in [0.15, 0.2) is 52.3 Å². The lowest BCUT2D eigenvalue weighted by Crippen LogP contribution is -2.02. The number of carboxylic acid groups (broad SMARTS) is 1. The summed E-state index contributed by atoms with van der Waals surface area (Å²) in [6, 6.07) is 13.0. The van der Waals surface area contributed by atoms with Crippen molar-refractivity contribution in [3.63, 3.8) is 0 Å². The van der Waals surface area contributed by atoms with Gasteiger partial charge in [0.05, 0.1) is 13.5 Å². The van der Waals surface area contributed by atoms with E-state index >= 15 is 0 Å². The lowest BCUT2D eigenvalue weighted by Gasteiger charge is -2.09. The molecule has 1 N–H and O–H groups in total. The predicted molar refractivity (Wildman–Crippen MR) is 79.9 cm³/mol. The number of carboxylic acids is 1. The van der Waals surface area contributed by atoms with Crippen molar-refractivity contribution in [3.8, 4) is 5.75 Å². The second-order valence-corrected chi connectivity index (χ2v) is 5.68. The normalized spacial score (nSPS) is 10.3. The summed E-state index contributed by atoms with van der Waals surface area (Å²) >= 11 is 7.40. The summed E-state index contributed by atoms with van der Waals surface area (Å²) in [5, 5.41) is 9.61. The molecular formula is C15H13ClO3S. The van der Waals surface area contributed by atoms with Crippen molar-refractivity contribution in [2.24, 2.45) is 0 Å². The van der Waals surface area contributed by atoms with E-state index in [9.17, 15) is 4.79 Å². The van der Waals surface area contributed by atoms with Crippen LogP contribution in [0.1, 0.15) is 5.56 Å². The van der Waals surface area contributed by atoms with Gasteiger partial charge in [-0.05, 0) is 42.5 Å². The number of benzene rings is 2. The summed E-state index contributed by atoms with van der Waals surface area (Å²) in [6.45, 7) is 0. The SMILES string of the molecule is COc1ccc(Sc2ccc(Cl)cc2)cc1CC(=O)O. The number of methoxy groups -OCH3 is 1. The van der Waals surface area contributed by atoms with E-state index in [2.05, 4.69) is 0 Å². The van der Waals surface area contributed by atoms with Crippen molar-refractivity contribution in [2.45, 2.75) is 16.2 Å². The number of aliphatic carboxylic acids is 1. The highest BCUT2D eigenvalue weighted by molar-refractivity contribution is 7.99. The zero-order chi connectivity index (χ0) is 14.5. The number of hydrogen-bond acceptors (Lipinski definition) is 3. The molecule has 20 heavy (non-hydrogen) atoms. The molecule has 0 radical (unpaired) electrons. The molecule has 0 bridgehead atoms. The summed E-state index contributed by atoms with van der Waals surface area (Å²) in [5.74, 6) is -0.287. The van der Waals surface area contributed by atoms with Crippen LogP contribution in [0.4, 0.5) is 0 Å². The average Bonchev–Trinajstić information content (AvgIpc) is 2.41. The fourth-order valence-electron chi connectivity index (χ4n) is 1.76. The Morgan fingerprint density at radius 2 is 1.85 bits per heavy atom. The highest BCUT2D eigenvalue weighted by atomic mass is 35.5. The minimum atomic E-state index is -0.878. The van der Waals surface area contributed by atoms with Gasteiger partial charge in [-0.3, -0.25) is 4.79 Å². The molecule has 0 saturated heterocycles. The third-order valence-electron chi connectivity index (χ3n) is 2.64. The molecule has 0 amide bonds. The Bertz CT molecular complexity index is 611. The van der Waals surface area contributed by atoms with Gasteiger partial charge in [0.2, 0.25) is 0 Å². The quantitative estimate of drug-likeness (QED) is 0.902. The molecule has 0 saturated carbocycles. The molecule has 0 aliphatic heterocycles. The number of hydrogen-bond donors (Lipinski definition) is 1. The van der Waals surface area contributed by atoms with Gasteiger partial charge in [-0.1, -0.05) is 23.4 Å². The fourth-order valence-corrected chi connectivity index (χ4v) is 2.77. The monoisotopic (exact) mass is 308 g/mol. The summed E-state index contributed by atoms with van der Waals surface area (Å²) in [6.07, 6.45) is -0.0574. The predicted octanol–water partition coefficient (Wildman–Crippen LogP) is 4.13. The number of halogens is 1. The van der Waals surface area contributed by atoms with E-state index in [0.29, 0.717) is 16.3 Å². The van der Waals surface area contributed by atoms with Crippen LogP contribution in [-0.2, 0) is 11.2 Å². The van der Waals surface area contributed by atoms with Crippen molar-refractivity contribution in [2.75, 3.05) is 7.11 Å². The van der Waals surface area contributed by atoms with Gasteiger partial charge in [0.25, 0.3) is 0 Å². The second kappa shape index (κ2) is 6.68. The molecule has 2 aromatic rings. The van der Waals surface area contributed by atoms with Gasteiger partial charge in [-0.2, -0.15) is 0 Å². The van der Waals surface area contributed by atoms with Gasteiger partial charge in [0.1, 0.15) is 5.75 Å². The van der Waals surface area contributed by atoms with Crippen LogP contribution in [0.2, 0.25) is 5.02 Å². The standard InChI is InChI=1S/C15H13ClO3S/c1-19-14-7-6-13(8-10(14)9-15(17)18)20-12-4-2-11(16)3-5-12/h2-8H,9H2,1H3,(H,17,18). The average molecular weight is 309 g/mol. The molecular weight excluding hydrogens is 296 g/mol. The van der Waals surface area contributed by atoms with Crippen molar-refractivity contribution in [1.29, 1.82) is 0 Å². The van der Waals surface area contributed by atoms with Crippen LogP contribution in [0.25, 0.3) is 0 Å². The zero-order valence-electron chi connectivity index (χ0n) is 10.8. The van der Waals surface area contributed by atoms with Gasteiger partial charge in [-0.15, -0.1) is 0 Å². The lowest BCUT2D eigenvalue weighted by atomic mass is 10.1. The maximum absolute atomic E-state index is 10.9. The summed E-state index contributed by atoms with van der Waals surface area (Å²) < 4.78 is 5.18. The first-order chi connectivity index (χ1) is 9.58. The van der Waals surface area contributed by atoms with Crippen LogP contribution in [0.3, 0.4) is 0 Å². The molecule has 0 aliphatic rings. The fraction of sp³-hybridized carbons (Fsp3) is 0.133. The molecule has 0 atom stereocenters. The molecule has 0 fully saturated rings. The van der Waals surface area contributed by atoms with Crippen molar-refractivity contribution >= 4 is 29.3 Å². The van der Waals surface area contributed by atoms with E-state index in [1.54, 1.807) is 17.8 Å². The third kappa shape index (κ3) is 3.92. The molecule has 3 nitrogen and oxygen atoms in total. The number of carbonyl (C=O) groups is 1. The second-order valence-electron chi connectivity index (χ2n) is 4.10. The van der Waals surface area contributed by atoms with Crippen molar-refractivity contribution in [3.05, 3.63) is 53.1 Å². The molecule has 0 aliphatic carbocycles. The zero-order valence-corrected chi connectivity index (χ0v) is 12.4. The van der Waals surface area contributed by atoms with Crippen LogP contribution in [0.5, 0.6) is 5.75 Å². The first-order valence-corrected chi connectivity index (χ1v) is 7.10. The largest absolute Gasteiger partial charge is 0.496 e. The summed E-state index contributed by atoms with van der Waals surface area (Å²) in [7, 11) is 1.53. The van der Waals surface area contributed by atoms with Gasteiger partial charge in [-0.25, -0.2) is 0 Å². The Hall–Kier alpha value is -1.65. The topological polar surface area (TPSA) is 46.5 Å². The highest BCUT2D eigenvalue weighted by Crippen LogP contribution is 2.32. The molecule has 0 heterocycles. The minimum absolute atomic E-state index is 0.0574. The number of ether oxygens (including phenoxy) is 1. The first-order valence-electron chi connectivity index (χ1n) is 5.90. The highest BCUT2D eigenvalue weighted by Gasteiger charge is 2.09. The van der Waals surface area contributed by atoms with E-state index in [1.807, 2.05) is 36.4 Å². The van der Waals surface area contributed by atoms with Crippen LogP contribution >= 0.6 is 23.4 Å². The summed E-state index contributed by atoms with van der Waals surface area (Å²) in [5.41, 5.74) is 0.666. The minimum Gasteiger partial charge on any atom is -0.496 e. The van der Waals surface area contributed by atoms with Gasteiger partial charge in [0, 0.05) is 20.4 Å². The Morgan fingerprint density at radius 1 is 1.20 bits per heavy atom. The molecule has 2 aromatic carbocycles. The Kier molecular flexibility index (Phi) is 4.93. The third-order valence-corrected chi connectivity index (χ3v) is 3.89. The van der Waals surface area contributed by atoms with Crippen LogP contribution in [-0.4, -0.2) is 18.2 Å².